The quantitative estimate of drug-likeness (QED) is 0.838. The fraction of sp³-hybridized carbons (Fsp3) is 0.571. The predicted molar refractivity (Wildman–Crippen MR) is 73.1 cm³/mol. The smallest absolute Gasteiger partial charge is 0.251 e. The molecule has 0 saturated carbocycles. The van der Waals surface area contributed by atoms with Crippen LogP contribution in [0, 0.1) is 11.3 Å². The zero-order valence-electron chi connectivity index (χ0n) is 11.7. The van der Waals surface area contributed by atoms with Crippen LogP contribution in [0.15, 0.2) is 18.3 Å². The Morgan fingerprint density at radius 3 is 2.72 bits per heavy atom. The summed E-state index contributed by atoms with van der Waals surface area (Å²) in [5.41, 5.74) is 6.93. The lowest BCUT2D eigenvalue weighted by Crippen LogP contribution is -2.37. The van der Waals surface area contributed by atoms with Crippen molar-refractivity contribution >= 4 is 5.91 Å². The van der Waals surface area contributed by atoms with E-state index in [1.807, 2.05) is 0 Å². The summed E-state index contributed by atoms with van der Waals surface area (Å²) in [5.74, 6) is 0.440. The second-order valence-corrected chi connectivity index (χ2v) is 5.57. The van der Waals surface area contributed by atoms with Gasteiger partial charge in [0.2, 0.25) is 0 Å². The first-order valence-electron chi connectivity index (χ1n) is 6.30. The number of nitrogens with one attached hydrogen (secondary N) is 1. The van der Waals surface area contributed by atoms with Crippen LogP contribution in [0.3, 0.4) is 0 Å². The van der Waals surface area contributed by atoms with Gasteiger partial charge in [0, 0.05) is 24.8 Å². The highest BCUT2D eigenvalue weighted by Crippen LogP contribution is 2.24. The van der Waals surface area contributed by atoms with Crippen LogP contribution in [0.4, 0.5) is 0 Å². The summed E-state index contributed by atoms with van der Waals surface area (Å²) in [6.45, 7) is 9.62. The van der Waals surface area contributed by atoms with E-state index in [1.165, 1.54) is 0 Å². The van der Waals surface area contributed by atoms with Crippen LogP contribution < -0.4 is 11.1 Å². The minimum Gasteiger partial charge on any atom is -0.351 e. The van der Waals surface area contributed by atoms with Gasteiger partial charge >= 0.3 is 0 Å². The van der Waals surface area contributed by atoms with Crippen LogP contribution in [-0.2, 0) is 6.54 Å². The van der Waals surface area contributed by atoms with Crippen LogP contribution in [-0.4, -0.2) is 17.4 Å². The van der Waals surface area contributed by atoms with E-state index >= 15 is 0 Å². The molecular weight excluding hydrogens is 226 g/mol. The van der Waals surface area contributed by atoms with E-state index in [0.29, 0.717) is 24.6 Å². The Morgan fingerprint density at radius 2 is 2.17 bits per heavy atom. The Morgan fingerprint density at radius 1 is 1.50 bits per heavy atom. The number of aromatic nitrogens is 1. The molecule has 1 aromatic heterocycles. The molecule has 3 N–H and O–H groups in total. The van der Waals surface area contributed by atoms with E-state index in [1.54, 1.807) is 18.3 Å². The number of amides is 1. The van der Waals surface area contributed by atoms with Gasteiger partial charge in [0.1, 0.15) is 0 Å². The maximum absolute atomic E-state index is 12.0. The SMILES string of the molecule is CC(C)C(C)(C)CNC(=O)c1ccnc(CN)c1. The maximum atomic E-state index is 12.0. The molecule has 0 aliphatic heterocycles. The zero-order valence-corrected chi connectivity index (χ0v) is 11.7. The number of rotatable bonds is 5. The first-order valence-corrected chi connectivity index (χ1v) is 6.30. The monoisotopic (exact) mass is 249 g/mol. The number of hydrogen-bond donors (Lipinski definition) is 2. The van der Waals surface area contributed by atoms with Crippen LogP contribution in [0.25, 0.3) is 0 Å². The molecule has 0 saturated heterocycles. The molecule has 0 unspecified atom stereocenters. The van der Waals surface area contributed by atoms with E-state index in [-0.39, 0.29) is 11.3 Å². The molecule has 4 heteroatoms. The molecule has 18 heavy (non-hydrogen) atoms. The molecule has 0 spiro atoms. The molecule has 1 rings (SSSR count). The van der Waals surface area contributed by atoms with E-state index in [2.05, 4.69) is 38.0 Å². The Bertz CT molecular complexity index is 413. The van der Waals surface area contributed by atoms with Crippen molar-refractivity contribution in [3.8, 4) is 0 Å². The predicted octanol–water partition coefficient (Wildman–Crippen LogP) is 1.95. The normalized spacial score (nSPS) is 11.7. The van der Waals surface area contributed by atoms with Gasteiger partial charge in [-0.05, 0) is 23.5 Å². The fourth-order valence-electron chi connectivity index (χ4n) is 1.35. The number of hydrogen-bond acceptors (Lipinski definition) is 3. The lowest BCUT2D eigenvalue weighted by Gasteiger charge is -2.29. The molecule has 4 nitrogen and oxygen atoms in total. The van der Waals surface area contributed by atoms with Gasteiger partial charge in [-0.1, -0.05) is 27.7 Å². The molecule has 1 amide bonds. The average molecular weight is 249 g/mol. The number of nitrogens with zero attached hydrogens (tertiary/aromatic N) is 1. The van der Waals surface area contributed by atoms with Gasteiger partial charge in [0.25, 0.3) is 5.91 Å². The molecule has 100 valence electrons. The standard InChI is InChI=1S/C14H23N3O/c1-10(2)14(3,4)9-17-13(18)11-5-6-16-12(7-11)8-15/h5-7,10H,8-9,15H2,1-4H3,(H,17,18). The van der Waals surface area contributed by atoms with Crippen molar-refractivity contribution in [1.82, 2.24) is 10.3 Å². The molecule has 0 fully saturated rings. The molecule has 0 aromatic carbocycles. The minimum atomic E-state index is -0.0687. The molecule has 0 radical (unpaired) electrons. The molecule has 0 aliphatic carbocycles. The van der Waals surface area contributed by atoms with Crippen molar-refractivity contribution in [1.29, 1.82) is 0 Å². The number of carbonyl (C=O) groups is 1. The Labute approximate surface area is 109 Å². The van der Waals surface area contributed by atoms with Gasteiger partial charge in [-0.2, -0.15) is 0 Å². The van der Waals surface area contributed by atoms with Crippen LogP contribution in [0.5, 0.6) is 0 Å². The lowest BCUT2D eigenvalue weighted by molar-refractivity contribution is 0.0924. The largest absolute Gasteiger partial charge is 0.351 e. The fourth-order valence-corrected chi connectivity index (χ4v) is 1.35. The van der Waals surface area contributed by atoms with Gasteiger partial charge in [0.05, 0.1) is 5.69 Å². The van der Waals surface area contributed by atoms with Crippen molar-refractivity contribution in [2.45, 2.75) is 34.2 Å². The van der Waals surface area contributed by atoms with Crippen molar-refractivity contribution in [3.05, 3.63) is 29.6 Å². The van der Waals surface area contributed by atoms with Crippen molar-refractivity contribution < 1.29 is 4.79 Å². The molecule has 0 bridgehead atoms. The number of nitrogens with two attached hydrogens (primary N) is 1. The number of carbonyl (C=O) groups excluding carboxylic acids is 1. The zero-order chi connectivity index (χ0) is 13.8. The van der Waals surface area contributed by atoms with E-state index in [9.17, 15) is 4.79 Å². The first-order chi connectivity index (χ1) is 8.36. The van der Waals surface area contributed by atoms with Crippen LogP contribution in [0.2, 0.25) is 0 Å². The summed E-state index contributed by atoms with van der Waals surface area (Å²) < 4.78 is 0. The maximum Gasteiger partial charge on any atom is 0.251 e. The van der Waals surface area contributed by atoms with Gasteiger partial charge < -0.3 is 11.1 Å². The van der Waals surface area contributed by atoms with E-state index in [0.717, 1.165) is 5.69 Å². The summed E-state index contributed by atoms with van der Waals surface area (Å²) in [7, 11) is 0. The first kappa shape index (κ1) is 14.6. The number of pyridine rings is 1. The Balaban J connectivity index is 2.66. The Kier molecular flexibility index (Phi) is 4.84. The van der Waals surface area contributed by atoms with Crippen molar-refractivity contribution in [3.63, 3.8) is 0 Å². The third-order valence-corrected chi connectivity index (χ3v) is 3.56. The van der Waals surface area contributed by atoms with Crippen molar-refractivity contribution in [2.75, 3.05) is 6.54 Å². The van der Waals surface area contributed by atoms with Crippen LogP contribution >= 0.6 is 0 Å². The summed E-state index contributed by atoms with van der Waals surface area (Å²) in [5, 5.41) is 2.96. The highest BCUT2D eigenvalue weighted by atomic mass is 16.1. The molecule has 1 aromatic rings. The second-order valence-electron chi connectivity index (χ2n) is 5.57. The van der Waals surface area contributed by atoms with Gasteiger partial charge in [0.15, 0.2) is 0 Å². The average Bonchev–Trinajstić information content (AvgIpc) is 2.36. The molecule has 0 atom stereocenters. The van der Waals surface area contributed by atoms with Gasteiger partial charge in [-0.15, -0.1) is 0 Å². The van der Waals surface area contributed by atoms with Gasteiger partial charge in [-0.25, -0.2) is 0 Å². The lowest BCUT2D eigenvalue weighted by atomic mass is 9.81. The van der Waals surface area contributed by atoms with Gasteiger partial charge in [-0.3, -0.25) is 9.78 Å². The van der Waals surface area contributed by atoms with E-state index < -0.39 is 0 Å². The topological polar surface area (TPSA) is 68.0 Å². The minimum absolute atomic E-state index is 0.0687. The summed E-state index contributed by atoms with van der Waals surface area (Å²) in [6.07, 6.45) is 1.62. The highest BCUT2D eigenvalue weighted by Gasteiger charge is 2.23. The van der Waals surface area contributed by atoms with Crippen LogP contribution in [0.1, 0.15) is 43.7 Å². The third-order valence-electron chi connectivity index (χ3n) is 3.56. The third kappa shape index (κ3) is 3.81. The molecular formula is C14H23N3O. The summed E-state index contributed by atoms with van der Waals surface area (Å²) >= 11 is 0. The highest BCUT2D eigenvalue weighted by molar-refractivity contribution is 5.94. The molecule has 1 heterocycles. The Hall–Kier alpha value is -1.42. The second kappa shape index (κ2) is 5.96. The molecule has 0 aliphatic rings. The summed E-state index contributed by atoms with van der Waals surface area (Å²) in [4.78, 5) is 16.1. The van der Waals surface area contributed by atoms with Crippen molar-refractivity contribution in [2.24, 2.45) is 17.1 Å². The van der Waals surface area contributed by atoms with E-state index in [4.69, 9.17) is 5.73 Å². The summed E-state index contributed by atoms with van der Waals surface area (Å²) in [6, 6.07) is 3.44.